The van der Waals surface area contributed by atoms with E-state index in [9.17, 15) is 14.4 Å². The first kappa shape index (κ1) is 78.1. The molecule has 0 N–H and O–H groups in total. The summed E-state index contributed by atoms with van der Waals surface area (Å²) in [6.45, 7) is 6.58. The fourth-order valence-electron chi connectivity index (χ4n) is 10.7. The Labute approximate surface area is 504 Å². The molecule has 0 rings (SSSR count). The van der Waals surface area contributed by atoms with Crippen LogP contribution in [0.3, 0.4) is 0 Å². The summed E-state index contributed by atoms with van der Waals surface area (Å²) in [6, 6.07) is 0. The van der Waals surface area contributed by atoms with Crippen molar-refractivity contribution in [2.45, 2.75) is 386 Å². The van der Waals surface area contributed by atoms with Gasteiger partial charge >= 0.3 is 17.9 Å². The van der Waals surface area contributed by atoms with E-state index in [0.29, 0.717) is 19.3 Å². The Morgan fingerprint density at radius 2 is 0.481 bits per heavy atom. The number of carbonyl (C=O) groups excluding carboxylic acids is 3. The average molecular weight is 1130 g/mol. The molecule has 0 aliphatic rings. The van der Waals surface area contributed by atoms with Crippen molar-refractivity contribution >= 4 is 17.9 Å². The second-order valence-electron chi connectivity index (χ2n) is 24.1. The van der Waals surface area contributed by atoms with Gasteiger partial charge in [0, 0.05) is 19.3 Å². The Kier molecular flexibility index (Phi) is 67.1. The molecule has 0 fully saturated rings. The molecular weight excluding hydrogens is 997 g/mol. The van der Waals surface area contributed by atoms with Crippen molar-refractivity contribution < 1.29 is 28.6 Å². The van der Waals surface area contributed by atoms with Gasteiger partial charge in [-0.1, -0.05) is 338 Å². The van der Waals surface area contributed by atoms with Gasteiger partial charge in [0.1, 0.15) is 13.2 Å². The number of hydrogen-bond acceptors (Lipinski definition) is 6. The van der Waals surface area contributed by atoms with Gasteiger partial charge in [-0.3, -0.25) is 14.4 Å². The molecule has 1 unspecified atom stereocenters. The number of unbranched alkanes of at least 4 members (excludes halogenated alkanes) is 45. The van der Waals surface area contributed by atoms with Crippen LogP contribution in [-0.4, -0.2) is 37.2 Å². The van der Waals surface area contributed by atoms with Crippen LogP contribution in [0, 0.1) is 0 Å². The fourth-order valence-corrected chi connectivity index (χ4v) is 10.7. The van der Waals surface area contributed by atoms with Crippen LogP contribution in [0.1, 0.15) is 380 Å². The normalized spacial score (nSPS) is 12.4. The average Bonchev–Trinajstić information content (AvgIpc) is 3.47. The minimum atomic E-state index is -0.778. The Bertz CT molecular complexity index is 1440. The predicted octanol–water partition coefficient (Wildman–Crippen LogP) is 24.7. The summed E-state index contributed by atoms with van der Waals surface area (Å²) in [4.78, 5) is 38.5. The zero-order valence-electron chi connectivity index (χ0n) is 54.3. The van der Waals surface area contributed by atoms with Crippen LogP contribution in [0.25, 0.3) is 0 Å². The maximum Gasteiger partial charge on any atom is 0.306 e. The van der Waals surface area contributed by atoms with Crippen molar-refractivity contribution in [1.29, 1.82) is 0 Å². The maximum absolute atomic E-state index is 13.0. The highest BCUT2D eigenvalue weighted by Gasteiger charge is 2.19. The van der Waals surface area contributed by atoms with E-state index in [1.165, 1.54) is 250 Å². The summed E-state index contributed by atoms with van der Waals surface area (Å²) < 4.78 is 17.0. The van der Waals surface area contributed by atoms with Crippen LogP contribution >= 0.6 is 0 Å². The van der Waals surface area contributed by atoms with E-state index in [2.05, 4.69) is 81.5 Å². The predicted molar refractivity (Wildman–Crippen MR) is 353 cm³/mol. The molecule has 81 heavy (non-hydrogen) atoms. The smallest absolute Gasteiger partial charge is 0.306 e. The van der Waals surface area contributed by atoms with Gasteiger partial charge in [0.25, 0.3) is 0 Å². The number of carbonyl (C=O) groups is 3. The van der Waals surface area contributed by atoms with Gasteiger partial charge in [-0.25, -0.2) is 0 Å². The molecule has 472 valence electrons. The first-order chi connectivity index (χ1) is 40.0. The van der Waals surface area contributed by atoms with Gasteiger partial charge in [-0.05, 0) is 83.5 Å². The number of allylic oxidation sites excluding steroid dienone is 10. The fraction of sp³-hybridized carbons (Fsp3) is 0.827. The quantitative estimate of drug-likeness (QED) is 0.0261. The van der Waals surface area contributed by atoms with E-state index >= 15 is 0 Å². The van der Waals surface area contributed by atoms with E-state index in [4.69, 9.17) is 14.2 Å². The lowest BCUT2D eigenvalue weighted by Crippen LogP contribution is -2.30. The number of esters is 3. The molecule has 0 bridgehead atoms. The van der Waals surface area contributed by atoms with Gasteiger partial charge in [0.05, 0.1) is 0 Å². The Balaban J connectivity index is 4.28. The summed E-state index contributed by atoms with van der Waals surface area (Å²) >= 11 is 0. The van der Waals surface area contributed by atoms with Crippen LogP contribution in [0.4, 0.5) is 0 Å². The molecule has 0 aliphatic heterocycles. The van der Waals surface area contributed by atoms with Crippen molar-refractivity contribution in [2.75, 3.05) is 13.2 Å². The molecule has 0 heterocycles. The minimum Gasteiger partial charge on any atom is -0.462 e. The zero-order chi connectivity index (χ0) is 58.5. The van der Waals surface area contributed by atoms with Crippen LogP contribution < -0.4 is 0 Å². The van der Waals surface area contributed by atoms with Crippen LogP contribution in [0.5, 0.6) is 0 Å². The molecule has 0 spiro atoms. The number of hydrogen-bond donors (Lipinski definition) is 0. The largest absolute Gasteiger partial charge is 0.462 e. The third-order valence-electron chi connectivity index (χ3n) is 16.0. The molecule has 6 heteroatoms. The van der Waals surface area contributed by atoms with Gasteiger partial charge in [0.15, 0.2) is 6.10 Å². The molecule has 0 saturated carbocycles. The van der Waals surface area contributed by atoms with Crippen molar-refractivity contribution in [3.63, 3.8) is 0 Å². The van der Waals surface area contributed by atoms with Crippen LogP contribution in [-0.2, 0) is 28.6 Å². The zero-order valence-corrected chi connectivity index (χ0v) is 54.3. The molecule has 0 aromatic carbocycles. The highest BCUT2D eigenvalue weighted by atomic mass is 16.6. The third kappa shape index (κ3) is 67.8. The van der Waals surface area contributed by atoms with Crippen molar-refractivity contribution in [2.24, 2.45) is 0 Å². The highest BCUT2D eigenvalue weighted by Crippen LogP contribution is 2.18. The van der Waals surface area contributed by atoms with Crippen molar-refractivity contribution in [1.82, 2.24) is 0 Å². The first-order valence-corrected chi connectivity index (χ1v) is 35.8. The van der Waals surface area contributed by atoms with E-state index in [-0.39, 0.29) is 31.1 Å². The third-order valence-corrected chi connectivity index (χ3v) is 16.0. The molecule has 6 nitrogen and oxygen atoms in total. The molecule has 0 aromatic heterocycles. The van der Waals surface area contributed by atoms with Crippen molar-refractivity contribution in [3.05, 3.63) is 60.8 Å². The Hall–Kier alpha value is -2.89. The van der Waals surface area contributed by atoms with Gasteiger partial charge < -0.3 is 14.2 Å². The summed E-state index contributed by atoms with van der Waals surface area (Å²) in [7, 11) is 0. The lowest BCUT2D eigenvalue weighted by atomic mass is 10.0. The molecule has 0 aliphatic carbocycles. The lowest BCUT2D eigenvalue weighted by Gasteiger charge is -2.18. The van der Waals surface area contributed by atoms with Gasteiger partial charge in [0.2, 0.25) is 0 Å². The number of ether oxygens (including phenoxy) is 3. The second kappa shape index (κ2) is 69.6. The standard InChI is InChI=1S/C75H136O6/c1-4-7-10-13-16-19-22-25-28-31-33-34-35-36-37-38-39-40-42-44-47-50-53-56-59-62-65-68-74(77)80-71-72(70-79-73(76)67-64-61-58-55-52-49-46-43-30-27-24-21-18-15-12-9-6-3)81-75(78)69-66-63-60-57-54-51-48-45-41-32-29-26-23-20-17-14-11-8-5-2/h9,12,18,21-22,25,27,30-31,33,72H,4-8,10-11,13-17,19-20,23-24,26,28-29,32,34-71H2,1-3H3/b12-9-,21-18-,25-22-,30-27-,33-31-. The van der Waals surface area contributed by atoms with Gasteiger partial charge in [-0.15, -0.1) is 0 Å². The Morgan fingerprint density at radius 3 is 0.753 bits per heavy atom. The summed E-state index contributed by atoms with van der Waals surface area (Å²) in [5.74, 6) is -0.857. The number of rotatable bonds is 66. The molecule has 0 aromatic rings. The van der Waals surface area contributed by atoms with Gasteiger partial charge in [-0.2, -0.15) is 0 Å². The maximum atomic E-state index is 13.0. The van der Waals surface area contributed by atoms with Crippen molar-refractivity contribution in [3.8, 4) is 0 Å². The minimum absolute atomic E-state index is 0.0729. The topological polar surface area (TPSA) is 78.9 Å². The Morgan fingerprint density at radius 1 is 0.259 bits per heavy atom. The van der Waals surface area contributed by atoms with E-state index in [0.717, 1.165) is 89.9 Å². The second-order valence-corrected chi connectivity index (χ2v) is 24.1. The van der Waals surface area contributed by atoms with E-state index in [1.54, 1.807) is 0 Å². The summed E-state index contributed by atoms with van der Waals surface area (Å²) in [5.41, 5.74) is 0. The molecule has 0 radical (unpaired) electrons. The molecule has 1 atom stereocenters. The molecule has 0 amide bonds. The summed E-state index contributed by atoms with van der Waals surface area (Å²) in [5, 5.41) is 0. The SMILES string of the molecule is CC/C=C\C/C=C\C/C=C\CCCCCCCCCC(=O)OCC(COC(=O)CCCCCCCCCCCCCCCCC/C=C\C/C=C\CCCCCCC)OC(=O)CCCCCCCCCCCCCCCCCCCCC. The lowest BCUT2D eigenvalue weighted by molar-refractivity contribution is -0.167. The van der Waals surface area contributed by atoms with E-state index < -0.39 is 6.10 Å². The first-order valence-electron chi connectivity index (χ1n) is 35.8. The molecular formula is C75H136O6. The van der Waals surface area contributed by atoms with Crippen LogP contribution in [0.2, 0.25) is 0 Å². The summed E-state index contributed by atoms with van der Waals surface area (Å²) in [6.07, 6.45) is 89.6. The highest BCUT2D eigenvalue weighted by molar-refractivity contribution is 5.71. The van der Waals surface area contributed by atoms with Crippen LogP contribution in [0.15, 0.2) is 60.8 Å². The molecule has 0 saturated heterocycles. The van der Waals surface area contributed by atoms with E-state index in [1.807, 2.05) is 0 Å². The monoisotopic (exact) mass is 1130 g/mol.